The maximum absolute atomic E-state index is 14.3. The van der Waals surface area contributed by atoms with Gasteiger partial charge in [-0.1, -0.05) is 36.4 Å². The first-order valence-corrected chi connectivity index (χ1v) is 8.42. The van der Waals surface area contributed by atoms with Crippen molar-refractivity contribution >= 4 is 0 Å². The van der Waals surface area contributed by atoms with Crippen molar-refractivity contribution in [2.75, 3.05) is 7.05 Å². The van der Waals surface area contributed by atoms with E-state index in [2.05, 4.69) is 4.90 Å². The van der Waals surface area contributed by atoms with Gasteiger partial charge in [0.15, 0.2) is 0 Å². The van der Waals surface area contributed by atoms with Crippen LogP contribution >= 0.6 is 0 Å². The Hall–Kier alpha value is -3.10. The molecule has 4 nitrogen and oxygen atoms in total. The highest BCUT2D eigenvalue weighted by atomic mass is 19.1. The van der Waals surface area contributed by atoms with E-state index in [1.54, 1.807) is 6.07 Å². The Morgan fingerprint density at radius 2 is 1.69 bits per heavy atom. The van der Waals surface area contributed by atoms with Crippen LogP contribution in [0, 0.1) is 17.1 Å². The van der Waals surface area contributed by atoms with Crippen LogP contribution in [0.1, 0.15) is 11.1 Å². The molecule has 0 radical (unpaired) electrons. The zero-order chi connectivity index (χ0) is 18.5. The van der Waals surface area contributed by atoms with Crippen LogP contribution in [0.2, 0.25) is 0 Å². The molecule has 1 aliphatic heterocycles. The van der Waals surface area contributed by atoms with Crippen LogP contribution in [0.5, 0.6) is 0 Å². The maximum Gasteiger partial charge on any atom is 0.127 e. The lowest BCUT2D eigenvalue weighted by molar-refractivity contribution is 0.449. The highest BCUT2D eigenvalue weighted by Crippen LogP contribution is 2.23. The lowest BCUT2D eigenvalue weighted by Crippen LogP contribution is -2.20. The topological polar surface area (TPSA) is 56.3 Å². The van der Waals surface area contributed by atoms with Gasteiger partial charge in [0.2, 0.25) is 0 Å². The van der Waals surface area contributed by atoms with E-state index < -0.39 is 6.04 Å². The molecule has 2 aromatic rings. The van der Waals surface area contributed by atoms with Gasteiger partial charge < -0.3 is 15.5 Å². The van der Waals surface area contributed by atoms with Crippen molar-refractivity contribution in [3.8, 4) is 17.2 Å². The second-order valence-corrected chi connectivity index (χ2v) is 6.38. The highest BCUT2D eigenvalue weighted by Gasteiger charge is 2.09. The summed E-state index contributed by atoms with van der Waals surface area (Å²) in [5.41, 5.74) is 8.98. The van der Waals surface area contributed by atoms with Crippen molar-refractivity contribution in [2.45, 2.75) is 19.0 Å². The SMILES string of the molecule is CN1C=CN(Cc2ccc(-c3ccc(C[C@H](N)C#N)c(F)c3)cc2)C=C1. The second kappa shape index (κ2) is 7.85. The van der Waals surface area contributed by atoms with Gasteiger partial charge in [-0.3, -0.25) is 0 Å². The van der Waals surface area contributed by atoms with Crippen LogP contribution in [0.25, 0.3) is 11.1 Å². The van der Waals surface area contributed by atoms with Gasteiger partial charge in [0, 0.05) is 44.8 Å². The molecule has 5 heteroatoms. The normalized spacial score (nSPS) is 14.4. The molecule has 0 fully saturated rings. The minimum Gasteiger partial charge on any atom is -0.354 e. The zero-order valence-electron chi connectivity index (χ0n) is 14.6. The summed E-state index contributed by atoms with van der Waals surface area (Å²) in [6, 6.07) is 14.4. The molecule has 2 N–H and O–H groups in total. The average molecular weight is 348 g/mol. The van der Waals surface area contributed by atoms with Crippen LogP contribution in [-0.2, 0) is 13.0 Å². The zero-order valence-corrected chi connectivity index (χ0v) is 14.6. The van der Waals surface area contributed by atoms with Gasteiger partial charge in [-0.05, 0) is 28.3 Å². The number of hydrogen-bond donors (Lipinski definition) is 1. The molecule has 0 saturated heterocycles. The number of halogens is 1. The van der Waals surface area contributed by atoms with Gasteiger partial charge in [0.05, 0.1) is 12.1 Å². The van der Waals surface area contributed by atoms with E-state index in [9.17, 15) is 4.39 Å². The molecule has 1 heterocycles. The number of rotatable bonds is 5. The molecule has 0 amide bonds. The lowest BCUT2D eigenvalue weighted by atomic mass is 9.99. The monoisotopic (exact) mass is 348 g/mol. The molecule has 1 aliphatic rings. The molecule has 0 aromatic heterocycles. The van der Waals surface area contributed by atoms with Crippen molar-refractivity contribution < 1.29 is 4.39 Å². The molecule has 0 bridgehead atoms. The summed E-state index contributed by atoms with van der Waals surface area (Å²) in [5.74, 6) is -0.329. The number of nitriles is 1. The Morgan fingerprint density at radius 3 is 2.31 bits per heavy atom. The minimum absolute atomic E-state index is 0.216. The third-order valence-electron chi connectivity index (χ3n) is 4.30. The molecular weight excluding hydrogens is 327 g/mol. The summed E-state index contributed by atoms with van der Waals surface area (Å²) in [6.07, 6.45) is 8.25. The van der Waals surface area contributed by atoms with E-state index in [1.807, 2.05) is 73.1 Å². The Bertz CT molecular complexity index is 851. The van der Waals surface area contributed by atoms with Crippen molar-refractivity contribution in [3.05, 3.63) is 84.2 Å². The third kappa shape index (κ3) is 4.29. The second-order valence-electron chi connectivity index (χ2n) is 6.38. The highest BCUT2D eigenvalue weighted by molar-refractivity contribution is 5.64. The average Bonchev–Trinajstić information content (AvgIpc) is 2.66. The van der Waals surface area contributed by atoms with Crippen LogP contribution in [0.3, 0.4) is 0 Å². The predicted octanol–water partition coefficient (Wildman–Crippen LogP) is 3.58. The first-order chi connectivity index (χ1) is 12.5. The maximum atomic E-state index is 14.3. The van der Waals surface area contributed by atoms with Gasteiger partial charge >= 0.3 is 0 Å². The quantitative estimate of drug-likeness (QED) is 0.897. The van der Waals surface area contributed by atoms with Crippen LogP contribution in [-0.4, -0.2) is 22.9 Å². The van der Waals surface area contributed by atoms with Gasteiger partial charge in [0.25, 0.3) is 0 Å². The third-order valence-corrected chi connectivity index (χ3v) is 4.30. The summed E-state index contributed by atoms with van der Waals surface area (Å²) in [4.78, 5) is 4.09. The largest absolute Gasteiger partial charge is 0.354 e. The Balaban J connectivity index is 1.70. The molecule has 0 saturated carbocycles. The number of hydrogen-bond acceptors (Lipinski definition) is 4. The fourth-order valence-corrected chi connectivity index (χ4v) is 2.77. The summed E-state index contributed by atoms with van der Waals surface area (Å²) < 4.78 is 14.3. The molecule has 0 spiro atoms. The van der Waals surface area contributed by atoms with Gasteiger partial charge in [-0.25, -0.2) is 4.39 Å². The molecule has 0 unspecified atom stereocenters. The molecule has 0 aliphatic carbocycles. The van der Waals surface area contributed by atoms with Crippen LogP contribution < -0.4 is 5.73 Å². The summed E-state index contributed by atoms with van der Waals surface area (Å²) in [5, 5.41) is 8.76. The van der Waals surface area contributed by atoms with Crippen molar-refractivity contribution in [3.63, 3.8) is 0 Å². The number of benzene rings is 2. The van der Waals surface area contributed by atoms with E-state index in [4.69, 9.17) is 11.0 Å². The Morgan fingerprint density at radius 1 is 1.04 bits per heavy atom. The fourth-order valence-electron chi connectivity index (χ4n) is 2.77. The Labute approximate surface area is 153 Å². The summed E-state index contributed by atoms with van der Waals surface area (Å²) >= 11 is 0. The number of nitrogens with two attached hydrogens (primary N) is 1. The molecule has 26 heavy (non-hydrogen) atoms. The van der Waals surface area contributed by atoms with Crippen molar-refractivity contribution in [1.29, 1.82) is 5.26 Å². The lowest BCUT2D eigenvalue weighted by Gasteiger charge is -2.22. The smallest absolute Gasteiger partial charge is 0.127 e. The number of nitrogens with zero attached hydrogens (tertiary/aromatic N) is 3. The molecule has 2 aromatic carbocycles. The summed E-state index contributed by atoms with van der Waals surface area (Å²) in [7, 11) is 1.98. The van der Waals surface area contributed by atoms with Gasteiger partial charge in [0.1, 0.15) is 5.82 Å². The fraction of sp³-hybridized carbons (Fsp3) is 0.190. The van der Waals surface area contributed by atoms with E-state index >= 15 is 0 Å². The minimum atomic E-state index is -0.688. The molecular formula is C21H21FN4. The van der Waals surface area contributed by atoms with E-state index in [-0.39, 0.29) is 12.2 Å². The van der Waals surface area contributed by atoms with E-state index in [0.29, 0.717) is 5.56 Å². The van der Waals surface area contributed by atoms with Crippen LogP contribution in [0.15, 0.2) is 67.3 Å². The van der Waals surface area contributed by atoms with Gasteiger partial charge in [-0.15, -0.1) is 0 Å². The van der Waals surface area contributed by atoms with Gasteiger partial charge in [-0.2, -0.15) is 5.26 Å². The summed E-state index contributed by atoms with van der Waals surface area (Å²) in [6.45, 7) is 0.778. The molecule has 1 atom stereocenters. The molecule has 132 valence electrons. The molecule has 3 rings (SSSR count). The van der Waals surface area contributed by atoms with E-state index in [1.165, 1.54) is 11.6 Å². The van der Waals surface area contributed by atoms with Crippen LogP contribution in [0.4, 0.5) is 4.39 Å². The Kier molecular flexibility index (Phi) is 5.35. The van der Waals surface area contributed by atoms with E-state index in [0.717, 1.165) is 17.7 Å². The van der Waals surface area contributed by atoms with Crippen molar-refractivity contribution in [2.24, 2.45) is 5.73 Å². The first-order valence-electron chi connectivity index (χ1n) is 8.42. The standard InChI is InChI=1S/C21H21FN4/c1-25-8-10-26(11-9-25)15-16-2-4-17(5-3-16)18-6-7-19(21(22)13-18)12-20(24)14-23/h2-11,13,20H,12,15,24H2,1H3/t20-/m0/s1. The predicted molar refractivity (Wildman–Crippen MR) is 101 cm³/mol. The van der Waals surface area contributed by atoms with Crippen molar-refractivity contribution in [1.82, 2.24) is 9.80 Å². The first kappa shape index (κ1) is 17.7.